The van der Waals surface area contributed by atoms with E-state index in [4.69, 9.17) is 0 Å². The smallest absolute Gasteiger partial charge is 0.259 e. The third kappa shape index (κ3) is 2.62. The highest BCUT2D eigenvalue weighted by Crippen LogP contribution is 2.26. The Balaban J connectivity index is 2.09. The van der Waals surface area contributed by atoms with E-state index in [1.54, 1.807) is 22.8 Å². The third-order valence-electron chi connectivity index (χ3n) is 4.58. The van der Waals surface area contributed by atoms with Crippen LogP contribution in [0.4, 0.5) is 0 Å². The van der Waals surface area contributed by atoms with Crippen molar-refractivity contribution >= 4 is 21.8 Å². The maximum Gasteiger partial charge on any atom is 0.259 e. The molecule has 5 heteroatoms. The topological polar surface area (TPSA) is 67.8 Å². The number of aromatic amines is 1. The van der Waals surface area contributed by atoms with Crippen molar-refractivity contribution in [2.45, 2.75) is 26.8 Å². The number of rotatable bonds is 3. The highest BCUT2D eigenvalue weighted by atomic mass is 16.1. The fraction of sp³-hybridized carbons (Fsp3) is 0.190. The second-order valence-electron chi connectivity index (χ2n) is 6.50. The molecule has 0 bridgehead atoms. The fourth-order valence-corrected chi connectivity index (χ4v) is 3.36. The summed E-state index contributed by atoms with van der Waals surface area (Å²) >= 11 is 0. The summed E-state index contributed by atoms with van der Waals surface area (Å²) in [7, 11) is 0. The Labute approximate surface area is 150 Å². The first-order valence-electron chi connectivity index (χ1n) is 8.72. The molecule has 2 heterocycles. The van der Waals surface area contributed by atoms with Crippen LogP contribution in [-0.2, 0) is 6.54 Å². The summed E-state index contributed by atoms with van der Waals surface area (Å²) in [5.74, 6) is 0.421. The van der Waals surface area contributed by atoms with Gasteiger partial charge in [-0.2, -0.15) is 0 Å². The maximum atomic E-state index is 12.7. The molecule has 0 fully saturated rings. The Bertz CT molecular complexity index is 1250. The van der Waals surface area contributed by atoms with Gasteiger partial charge in [0.05, 0.1) is 16.4 Å². The zero-order valence-corrected chi connectivity index (χ0v) is 14.7. The minimum absolute atomic E-state index is 0.0889. The zero-order valence-electron chi connectivity index (χ0n) is 14.7. The normalized spacial score (nSPS) is 11.3. The molecule has 0 saturated carbocycles. The van der Waals surface area contributed by atoms with Crippen LogP contribution in [0, 0.1) is 6.92 Å². The number of benzene rings is 2. The van der Waals surface area contributed by atoms with Crippen LogP contribution in [0.15, 0.2) is 58.1 Å². The minimum atomic E-state index is -0.205. The van der Waals surface area contributed by atoms with E-state index in [2.05, 4.69) is 9.97 Å². The lowest BCUT2D eigenvalue weighted by Crippen LogP contribution is -2.20. The van der Waals surface area contributed by atoms with Crippen molar-refractivity contribution in [3.05, 3.63) is 74.8 Å². The zero-order chi connectivity index (χ0) is 18.3. The number of nitrogens with zero attached hydrogens (tertiary/aromatic N) is 2. The SMILES string of the molecule is CCCn1c(=O)cc(-c2nc3ccccc3c(=O)[nH]2)c2cc(C)ccc21. The molecule has 0 unspecified atom stereocenters. The second kappa shape index (κ2) is 6.26. The van der Waals surface area contributed by atoms with Crippen molar-refractivity contribution in [2.24, 2.45) is 0 Å². The van der Waals surface area contributed by atoms with Crippen LogP contribution in [0.25, 0.3) is 33.2 Å². The van der Waals surface area contributed by atoms with Crippen molar-refractivity contribution in [1.29, 1.82) is 0 Å². The Kier molecular flexibility index (Phi) is 3.92. The van der Waals surface area contributed by atoms with Crippen LogP contribution >= 0.6 is 0 Å². The van der Waals surface area contributed by atoms with E-state index in [0.717, 1.165) is 22.9 Å². The van der Waals surface area contributed by atoms with Crippen LogP contribution in [0.2, 0.25) is 0 Å². The number of fused-ring (bicyclic) bond motifs is 2. The maximum absolute atomic E-state index is 12.7. The van der Waals surface area contributed by atoms with Crippen LogP contribution < -0.4 is 11.1 Å². The van der Waals surface area contributed by atoms with Gasteiger partial charge in [0.2, 0.25) is 0 Å². The minimum Gasteiger partial charge on any atom is -0.308 e. The van der Waals surface area contributed by atoms with Gasteiger partial charge in [-0.15, -0.1) is 0 Å². The first kappa shape index (κ1) is 16.3. The van der Waals surface area contributed by atoms with E-state index in [-0.39, 0.29) is 11.1 Å². The van der Waals surface area contributed by atoms with Gasteiger partial charge in [-0.05, 0) is 37.6 Å². The van der Waals surface area contributed by atoms with Crippen LogP contribution in [0.3, 0.4) is 0 Å². The number of pyridine rings is 1. The van der Waals surface area contributed by atoms with Gasteiger partial charge in [0, 0.05) is 23.6 Å². The molecule has 0 aliphatic rings. The van der Waals surface area contributed by atoms with E-state index in [1.165, 1.54) is 0 Å². The van der Waals surface area contributed by atoms with E-state index in [9.17, 15) is 9.59 Å². The van der Waals surface area contributed by atoms with Crippen molar-refractivity contribution in [3.8, 4) is 11.4 Å². The number of hydrogen-bond acceptors (Lipinski definition) is 3. The molecular weight excluding hydrogens is 326 g/mol. The van der Waals surface area contributed by atoms with Crippen LogP contribution in [0.5, 0.6) is 0 Å². The van der Waals surface area contributed by atoms with E-state index in [0.29, 0.717) is 28.8 Å². The Hall–Kier alpha value is -3.21. The average molecular weight is 345 g/mol. The molecule has 5 nitrogen and oxygen atoms in total. The van der Waals surface area contributed by atoms with E-state index in [1.807, 2.05) is 44.2 Å². The van der Waals surface area contributed by atoms with Crippen LogP contribution in [-0.4, -0.2) is 14.5 Å². The lowest BCUT2D eigenvalue weighted by atomic mass is 10.0. The molecule has 0 radical (unpaired) electrons. The average Bonchev–Trinajstić information content (AvgIpc) is 2.64. The van der Waals surface area contributed by atoms with E-state index >= 15 is 0 Å². The molecule has 26 heavy (non-hydrogen) atoms. The molecule has 0 atom stereocenters. The Morgan fingerprint density at radius 1 is 1.04 bits per heavy atom. The predicted octanol–water partition coefficient (Wildman–Crippen LogP) is 3.62. The Morgan fingerprint density at radius 3 is 2.65 bits per heavy atom. The molecule has 0 spiro atoms. The molecule has 0 aliphatic heterocycles. The number of nitrogens with one attached hydrogen (secondary N) is 1. The van der Waals surface area contributed by atoms with Gasteiger partial charge >= 0.3 is 0 Å². The van der Waals surface area contributed by atoms with Crippen molar-refractivity contribution in [3.63, 3.8) is 0 Å². The van der Waals surface area contributed by atoms with Gasteiger partial charge in [-0.25, -0.2) is 4.98 Å². The lowest BCUT2D eigenvalue weighted by Gasteiger charge is -2.13. The number of H-pyrrole nitrogens is 1. The third-order valence-corrected chi connectivity index (χ3v) is 4.58. The number of aromatic nitrogens is 3. The highest BCUT2D eigenvalue weighted by Gasteiger charge is 2.13. The van der Waals surface area contributed by atoms with Gasteiger partial charge in [0.1, 0.15) is 5.82 Å². The summed E-state index contributed by atoms with van der Waals surface area (Å²) in [6.45, 7) is 4.71. The quantitative estimate of drug-likeness (QED) is 0.616. The van der Waals surface area contributed by atoms with Gasteiger partial charge in [0.15, 0.2) is 0 Å². The van der Waals surface area contributed by atoms with Crippen molar-refractivity contribution in [1.82, 2.24) is 14.5 Å². The summed E-state index contributed by atoms with van der Waals surface area (Å²) in [5, 5.41) is 1.45. The largest absolute Gasteiger partial charge is 0.308 e. The number of aryl methyl sites for hydroxylation is 2. The van der Waals surface area contributed by atoms with Crippen LogP contribution in [0.1, 0.15) is 18.9 Å². The molecule has 0 aliphatic carbocycles. The first-order chi connectivity index (χ1) is 12.6. The first-order valence-corrected chi connectivity index (χ1v) is 8.72. The summed E-state index contributed by atoms with van der Waals surface area (Å²) in [5.41, 5.74) is 2.92. The molecule has 0 amide bonds. The summed E-state index contributed by atoms with van der Waals surface area (Å²) < 4.78 is 1.78. The molecule has 2 aromatic heterocycles. The van der Waals surface area contributed by atoms with E-state index < -0.39 is 0 Å². The molecule has 1 N–H and O–H groups in total. The predicted molar refractivity (Wildman–Crippen MR) is 105 cm³/mol. The molecule has 2 aromatic carbocycles. The second-order valence-corrected chi connectivity index (χ2v) is 6.50. The summed E-state index contributed by atoms with van der Waals surface area (Å²) in [4.78, 5) is 32.6. The summed E-state index contributed by atoms with van der Waals surface area (Å²) in [6, 6.07) is 14.8. The monoisotopic (exact) mass is 345 g/mol. The Morgan fingerprint density at radius 2 is 1.85 bits per heavy atom. The molecule has 4 aromatic rings. The van der Waals surface area contributed by atoms with Gasteiger partial charge in [-0.1, -0.05) is 30.7 Å². The molecule has 4 rings (SSSR count). The number of hydrogen-bond donors (Lipinski definition) is 1. The molecular formula is C21H19N3O2. The highest BCUT2D eigenvalue weighted by molar-refractivity contribution is 5.94. The van der Waals surface area contributed by atoms with Gasteiger partial charge < -0.3 is 9.55 Å². The standard InChI is InChI=1S/C21H19N3O2/c1-3-10-24-18-9-8-13(2)11-15(18)16(12-19(24)25)20-22-17-7-5-4-6-14(17)21(26)23-20/h4-9,11-12H,3,10H2,1-2H3,(H,22,23,26). The van der Waals surface area contributed by atoms with Crippen molar-refractivity contribution < 1.29 is 0 Å². The summed E-state index contributed by atoms with van der Waals surface area (Å²) in [6.07, 6.45) is 0.868. The molecule has 0 saturated heterocycles. The molecule has 130 valence electrons. The van der Waals surface area contributed by atoms with Gasteiger partial charge in [-0.3, -0.25) is 9.59 Å². The van der Waals surface area contributed by atoms with Gasteiger partial charge in [0.25, 0.3) is 11.1 Å². The van der Waals surface area contributed by atoms with Crippen molar-refractivity contribution in [2.75, 3.05) is 0 Å². The number of para-hydroxylation sites is 1. The fourth-order valence-electron chi connectivity index (χ4n) is 3.36. The lowest BCUT2D eigenvalue weighted by molar-refractivity contribution is 0.678.